The molecule has 3 rings (SSSR count). The first-order chi connectivity index (χ1) is 9.20. The van der Waals surface area contributed by atoms with E-state index in [-0.39, 0.29) is 0 Å². The Morgan fingerprint density at radius 1 is 1.05 bits per heavy atom. The zero-order chi connectivity index (χ0) is 13.4. The molecule has 0 fully saturated rings. The van der Waals surface area contributed by atoms with Crippen LogP contribution in [-0.4, -0.2) is 11.1 Å². The van der Waals surface area contributed by atoms with E-state index in [9.17, 15) is 0 Å². The summed E-state index contributed by atoms with van der Waals surface area (Å²) < 4.78 is 3.50. The lowest BCUT2D eigenvalue weighted by Crippen LogP contribution is -2.05. The second-order valence-electron chi connectivity index (χ2n) is 4.98. The van der Waals surface area contributed by atoms with E-state index < -0.39 is 0 Å². The van der Waals surface area contributed by atoms with Gasteiger partial charge in [-0.25, -0.2) is 0 Å². The molecule has 1 aromatic heterocycles. The third kappa shape index (κ3) is 2.17. The van der Waals surface area contributed by atoms with Crippen LogP contribution in [0.25, 0.3) is 21.8 Å². The molecule has 2 aromatic carbocycles. The summed E-state index contributed by atoms with van der Waals surface area (Å²) in [6.07, 6.45) is 0.999. The summed E-state index contributed by atoms with van der Waals surface area (Å²) in [6, 6.07) is 13.2. The maximum atomic E-state index is 5.67. The Labute approximate surface area is 121 Å². The van der Waals surface area contributed by atoms with Gasteiger partial charge in [-0.3, -0.25) is 0 Å². The van der Waals surface area contributed by atoms with Crippen LogP contribution in [0.15, 0.2) is 40.9 Å². The van der Waals surface area contributed by atoms with Crippen molar-refractivity contribution >= 4 is 37.7 Å². The number of aryl methyl sites for hydroxylation is 2. The van der Waals surface area contributed by atoms with Gasteiger partial charge in [0.15, 0.2) is 0 Å². The monoisotopic (exact) mass is 316 g/mol. The number of nitrogens with two attached hydrogens (primary N) is 1. The summed E-state index contributed by atoms with van der Waals surface area (Å²) in [4.78, 5) is 0. The molecule has 0 bridgehead atoms. The van der Waals surface area contributed by atoms with E-state index in [1.807, 2.05) is 0 Å². The quantitative estimate of drug-likeness (QED) is 0.770. The molecule has 0 spiro atoms. The molecule has 2 nitrogen and oxygen atoms in total. The number of hydrogen-bond acceptors (Lipinski definition) is 1. The summed E-state index contributed by atoms with van der Waals surface area (Å²) in [7, 11) is 0. The van der Waals surface area contributed by atoms with Gasteiger partial charge in [0, 0.05) is 27.3 Å². The highest BCUT2D eigenvalue weighted by atomic mass is 79.9. The molecule has 0 aliphatic rings. The highest BCUT2D eigenvalue weighted by molar-refractivity contribution is 9.10. The van der Waals surface area contributed by atoms with Gasteiger partial charge in [0.2, 0.25) is 0 Å². The Balaban J connectivity index is 2.36. The number of fused-ring (bicyclic) bond motifs is 3. The third-order valence-electron chi connectivity index (χ3n) is 3.57. The lowest BCUT2D eigenvalue weighted by molar-refractivity contribution is 0.687. The number of nitrogens with zero attached hydrogens (tertiary/aromatic N) is 1. The third-order valence-corrected chi connectivity index (χ3v) is 4.06. The van der Waals surface area contributed by atoms with Crippen LogP contribution in [0, 0.1) is 6.92 Å². The van der Waals surface area contributed by atoms with E-state index in [4.69, 9.17) is 5.73 Å². The van der Waals surface area contributed by atoms with Crippen LogP contribution in [0.2, 0.25) is 0 Å². The molecule has 0 atom stereocenters. The van der Waals surface area contributed by atoms with Gasteiger partial charge in [0.05, 0.1) is 5.52 Å². The van der Waals surface area contributed by atoms with Gasteiger partial charge in [-0.15, -0.1) is 0 Å². The highest BCUT2D eigenvalue weighted by Gasteiger charge is 2.10. The largest absolute Gasteiger partial charge is 0.340 e. The number of rotatable bonds is 3. The molecule has 0 aliphatic heterocycles. The predicted octanol–water partition coefficient (Wildman–Crippen LogP) is 4.21. The molecule has 2 N–H and O–H groups in total. The van der Waals surface area contributed by atoms with Crippen molar-refractivity contribution in [2.75, 3.05) is 6.54 Å². The molecule has 3 aromatic rings. The minimum absolute atomic E-state index is 0.723. The van der Waals surface area contributed by atoms with Crippen molar-refractivity contribution in [2.24, 2.45) is 5.73 Å². The summed E-state index contributed by atoms with van der Waals surface area (Å²) in [5.41, 5.74) is 9.55. The molecule has 0 saturated heterocycles. The maximum absolute atomic E-state index is 5.67. The summed E-state index contributed by atoms with van der Waals surface area (Å²) in [6.45, 7) is 3.83. The van der Waals surface area contributed by atoms with Crippen molar-refractivity contribution in [1.29, 1.82) is 0 Å². The van der Waals surface area contributed by atoms with Gasteiger partial charge in [-0.05, 0) is 43.7 Å². The van der Waals surface area contributed by atoms with Crippen LogP contribution < -0.4 is 5.73 Å². The fraction of sp³-hybridized carbons (Fsp3) is 0.250. The molecule has 0 aliphatic carbocycles. The summed E-state index contributed by atoms with van der Waals surface area (Å²) in [5, 5.41) is 2.64. The zero-order valence-electron chi connectivity index (χ0n) is 11.0. The molecule has 0 unspecified atom stereocenters. The Morgan fingerprint density at radius 2 is 1.74 bits per heavy atom. The van der Waals surface area contributed by atoms with E-state index in [1.54, 1.807) is 0 Å². The first-order valence-electron chi connectivity index (χ1n) is 6.59. The lowest BCUT2D eigenvalue weighted by Gasteiger charge is -2.07. The van der Waals surface area contributed by atoms with Crippen molar-refractivity contribution < 1.29 is 0 Å². The van der Waals surface area contributed by atoms with Gasteiger partial charge in [0.25, 0.3) is 0 Å². The fourth-order valence-electron chi connectivity index (χ4n) is 2.67. The standard InChI is InChI=1S/C16H17BrN2/c1-11-3-5-13-14-6-4-12(17)10-16(14)19(8-2-7-18)15(13)9-11/h3-6,9-10H,2,7-8,18H2,1H3. The Bertz CT molecular complexity index is 684. The second kappa shape index (κ2) is 4.99. The summed E-state index contributed by atoms with van der Waals surface area (Å²) >= 11 is 3.57. The van der Waals surface area contributed by atoms with Gasteiger partial charge >= 0.3 is 0 Å². The molecular weight excluding hydrogens is 300 g/mol. The Hall–Kier alpha value is -1.32. The molecule has 19 heavy (non-hydrogen) atoms. The molecular formula is C16H17BrN2. The molecule has 0 saturated carbocycles. The van der Waals surface area contributed by atoms with E-state index in [0.717, 1.165) is 24.0 Å². The van der Waals surface area contributed by atoms with Crippen LogP contribution in [0.4, 0.5) is 0 Å². The van der Waals surface area contributed by atoms with E-state index >= 15 is 0 Å². The maximum Gasteiger partial charge on any atom is 0.0502 e. The molecule has 98 valence electrons. The van der Waals surface area contributed by atoms with Gasteiger partial charge in [0.1, 0.15) is 0 Å². The Morgan fingerprint density at radius 3 is 2.47 bits per heavy atom. The topological polar surface area (TPSA) is 30.9 Å². The molecule has 3 heteroatoms. The van der Waals surface area contributed by atoms with Crippen molar-refractivity contribution in [3.8, 4) is 0 Å². The van der Waals surface area contributed by atoms with Crippen molar-refractivity contribution in [1.82, 2.24) is 4.57 Å². The predicted molar refractivity (Wildman–Crippen MR) is 85.6 cm³/mol. The first kappa shape index (κ1) is 12.7. The van der Waals surface area contributed by atoms with Crippen LogP contribution in [0.3, 0.4) is 0 Å². The minimum atomic E-state index is 0.723. The average molecular weight is 317 g/mol. The first-order valence-corrected chi connectivity index (χ1v) is 7.38. The van der Waals surface area contributed by atoms with Gasteiger partial charge in [-0.1, -0.05) is 34.1 Å². The number of aromatic nitrogens is 1. The summed E-state index contributed by atoms with van der Waals surface area (Å²) in [5.74, 6) is 0. The van der Waals surface area contributed by atoms with Crippen LogP contribution in [0.5, 0.6) is 0 Å². The fourth-order valence-corrected chi connectivity index (χ4v) is 3.02. The van der Waals surface area contributed by atoms with Crippen molar-refractivity contribution in [2.45, 2.75) is 19.9 Å². The molecule has 1 heterocycles. The van der Waals surface area contributed by atoms with E-state index in [0.29, 0.717) is 0 Å². The Kier molecular flexibility index (Phi) is 3.33. The highest BCUT2D eigenvalue weighted by Crippen LogP contribution is 2.31. The van der Waals surface area contributed by atoms with Crippen LogP contribution in [0.1, 0.15) is 12.0 Å². The van der Waals surface area contributed by atoms with Crippen LogP contribution >= 0.6 is 15.9 Å². The number of halogens is 1. The molecule has 0 amide bonds. The minimum Gasteiger partial charge on any atom is -0.340 e. The number of benzene rings is 2. The second-order valence-corrected chi connectivity index (χ2v) is 5.89. The lowest BCUT2D eigenvalue weighted by atomic mass is 10.1. The SMILES string of the molecule is Cc1ccc2c3ccc(Br)cc3n(CCCN)c2c1. The van der Waals surface area contributed by atoms with Gasteiger partial charge in [-0.2, -0.15) is 0 Å². The number of hydrogen-bond donors (Lipinski definition) is 1. The zero-order valence-corrected chi connectivity index (χ0v) is 12.6. The van der Waals surface area contributed by atoms with Gasteiger partial charge < -0.3 is 10.3 Å². The average Bonchev–Trinajstić information content (AvgIpc) is 2.68. The van der Waals surface area contributed by atoms with E-state index in [2.05, 4.69) is 63.8 Å². The van der Waals surface area contributed by atoms with Crippen LogP contribution in [-0.2, 0) is 6.54 Å². The smallest absolute Gasteiger partial charge is 0.0502 e. The van der Waals surface area contributed by atoms with Crippen molar-refractivity contribution in [3.63, 3.8) is 0 Å². The van der Waals surface area contributed by atoms with E-state index in [1.165, 1.54) is 27.4 Å². The van der Waals surface area contributed by atoms with Crippen molar-refractivity contribution in [3.05, 3.63) is 46.4 Å². The normalized spacial score (nSPS) is 11.5. The molecule has 0 radical (unpaired) electrons.